The molecule has 1 unspecified atom stereocenters. The van der Waals surface area contributed by atoms with E-state index in [1.54, 1.807) is 12.1 Å². The summed E-state index contributed by atoms with van der Waals surface area (Å²) in [6.07, 6.45) is 0.832. The van der Waals surface area contributed by atoms with Crippen LogP contribution >= 0.6 is 0 Å². The number of aliphatic hydroxyl groups is 1. The van der Waals surface area contributed by atoms with Crippen molar-refractivity contribution in [2.24, 2.45) is 0 Å². The minimum absolute atomic E-state index is 0.0857. The van der Waals surface area contributed by atoms with Crippen molar-refractivity contribution in [3.63, 3.8) is 0 Å². The molecule has 1 aromatic carbocycles. The molecule has 0 fully saturated rings. The molecule has 0 aliphatic rings. The van der Waals surface area contributed by atoms with E-state index >= 15 is 0 Å². The summed E-state index contributed by atoms with van der Waals surface area (Å²) >= 11 is 0. The molecule has 2 N–H and O–H groups in total. The average molecular weight is 268 g/mol. The Hall–Kier alpha value is -1.13. The quantitative estimate of drug-likeness (QED) is 0.760. The Morgan fingerprint density at radius 2 is 2.11 bits per heavy atom. The Morgan fingerprint density at radius 1 is 1.37 bits per heavy atom. The van der Waals surface area contributed by atoms with E-state index in [0.29, 0.717) is 6.04 Å². The number of halogens is 1. The SMILES string of the molecule is CCN(CCC(CO)NC(C)C)c1cccc(F)c1. The summed E-state index contributed by atoms with van der Waals surface area (Å²) in [4.78, 5) is 2.12. The Bertz CT molecular complexity index is 371. The maximum atomic E-state index is 13.2. The van der Waals surface area contributed by atoms with Crippen molar-refractivity contribution in [1.82, 2.24) is 5.32 Å². The predicted octanol–water partition coefficient (Wildman–Crippen LogP) is 2.40. The molecule has 4 heteroatoms. The molecular formula is C15H25FN2O. The van der Waals surface area contributed by atoms with Crippen LogP contribution in [-0.4, -0.2) is 36.9 Å². The van der Waals surface area contributed by atoms with Crippen molar-refractivity contribution in [3.8, 4) is 0 Å². The first-order valence-electron chi connectivity index (χ1n) is 6.94. The molecule has 0 aliphatic carbocycles. The van der Waals surface area contributed by atoms with Gasteiger partial charge in [0, 0.05) is 30.9 Å². The van der Waals surface area contributed by atoms with Gasteiger partial charge in [0.1, 0.15) is 5.82 Å². The van der Waals surface area contributed by atoms with Crippen LogP contribution in [0.1, 0.15) is 27.2 Å². The Morgan fingerprint density at radius 3 is 2.63 bits per heavy atom. The standard InChI is InChI=1S/C15H25FN2O/c1-4-18(15-7-5-6-13(16)10-15)9-8-14(11-19)17-12(2)3/h5-7,10,12,14,17,19H,4,8-9,11H2,1-3H3. The largest absolute Gasteiger partial charge is 0.395 e. The first kappa shape index (κ1) is 15.9. The van der Waals surface area contributed by atoms with Crippen LogP contribution in [0, 0.1) is 5.82 Å². The molecule has 1 aromatic rings. The highest BCUT2D eigenvalue weighted by Crippen LogP contribution is 2.16. The highest BCUT2D eigenvalue weighted by Gasteiger charge is 2.11. The second kappa shape index (κ2) is 8.12. The monoisotopic (exact) mass is 268 g/mol. The number of aliphatic hydroxyl groups excluding tert-OH is 1. The van der Waals surface area contributed by atoms with Gasteiger partial charge in [0.05, 0.1) is 6.61 Å². The van der Waals surface area contributed by atoms with Crippen molar-refractivity contribution in [1.29, 1.82) is 0 Å². The van der Waals surface area contributed by atoms with Gasteiger partial charge in [-0.1, -0.05) is 19.9 Å². The number of hydrogen-bond acceptors (Lipinski definition) is 3. The molecule has 1 atom stereocenters. The Balaban J connectivity index is 2.57. The van der Waals surface area contributed by atoms with Crippen LogP contribution in [0.5, 0.6) is 0 Å². The summed E-state index contributed by atoms with van der Waals surface area (Å²) < 4.78 is 13.2. The predicted molar refractivity (Wildman–Crippen MR) is 78.0 cm³/mol. The summed E-state index contributed by atoms with van der Waals surface area (Å²) in [6, 6.07) is 7.07. The molecule has 3 nitrogen and oxygen atoms in total. The molecular weight excluding hydrogens is 243 g/mol. The Kier molecular flexibility index (Phi) is 6.81. The normalized spacial score (nSPS) is 12.7. The fraction of sp³-hybridized carbons (Fsp3) is 0.600. The third-order valence-corrected chi connectivity index (χ3v) is 3.09. The van der Waals surface area contributed by atoms with Crippen LogP contribution < -0.4 is 10.2 Å². The van der Waals surface area contributed by atoms with Crippen LogP contribution in [0.3, 0.4) is 0 Å². The lowest BCUT2D eigenvalue weighted by Gasteiger charge is -2.26. The number of nitrogens with zero attached hydrogens (tertiary/aromatic N) is 1. The molecule has 0 radical (unpaired) electrons. The van der Waals surface area contributed by atoms with Crippen LogP contribution in [-0.2, 0) is 0 Å². The third kappa shape index (κ3) is 5.57. The van der Waals surface area contributed by atoms with Gasteiger partial charge in [-0.2, -0.15) is 0 Å². The molecule has 19 heavy (non-hydrogen) atoms. The minimum Gasteiger partial charge on any atom is -0.395 e. The van der Waals surface area contributed by atoms with Gasteiger partial charge in [-0.15, -0.1) is 0 Å². The van der Waals surface area contributed by atoms with Crippen LogP contribution in [0.15, 0.2) is 24.3 Å². The molecule has 1 rings (SSSR count). The van der Waals surface area contributed by atoms with Gasteiger partial charge in [-0.25, -0.2) is 4.39 Å². The smallest absolute Gasteiger partial charge is 0.125 e. The second-order valence-electron chi connectivity index (χ2n) is 5.05. The van der Waals surface area contributed by atoms with E-state index < -0.39 is 0 Å². The summed E-state index contributed by atoms with van der Waals surface area (Å²) in [6.45, 7) is 7.92. The first-order chi connectivity index (χ1) is 9.06. The maximum Gasteiger partial charge on any atom is 0.125 e. The van der Waals surface area contributed by atoms with E-state index in [-0.39, 0.29) is 18.5 Å². The van der Waals surface area contributed by atoms with Crippen molar-refractivity contribution < 1.29 is 9.50 Å². The van der Waals surface area contributed by atoms with E-state index in [0.717, 1.165) is 25.2 Å². The van der Waals surface area contributed by atoms with Crippen molar-refractivity contribution >= 4 is 5.69 Å². The molecule has 0 heterocycles. The molecule has 0 spiro atoms. The lowest BCUT2D eigenvalue weighted by molar-refractivity contribution is 0.229. The highest BCUT2D eigenvalue weighted by molar-refractivity contribution is 5.46. The zero-order valence-corrected chi connectivity index (χ0v) is 12.1. The van der Waals surface area contributed by atoms with E-state index in [1.165, 1.54) is 6.07 Å². The van der Waals surface area contributed by atoms with Crippen LogP contribution in [0.2, 0.25) is 0 Å². The third-order valence-electron chi connectivity index (χ3n) is 3.09. The second-order valence-corrected chi connectivity index (χ2v) is 5.05. The topological polar surface area (TPSA) is 35.5 Å². The van der Waals surface area contributed by atoms with E-state index in [1.807, 2.05) is 6.07 Å². The highest BCUT2D eigenvalue weighted by atomic mass is 19.1. The number of benzene rings is 1. The van der Waals surface area contributed by atoms with Gasteiger partial charge in [0.15, 0.2) is 0 Å². The molecule has 0 aliphatic heterocycles. The fourth-order valence-corrected chi connectivity index (χ4v) is 2.15. The summed E-state index contributed by atoms with van der Waals surface area (Å²) in [5, 5.41) is 12.7. The molecule has 0 amide bonds. The van der Waals surface area contributed by atoms with Crippen LogP contribution in [0.4, 0.5) is 10.1 Å². The summed E-state index contributed by atoms with van der Waals surface area (Å²) in [5.74, 6) is -0.213. The van der Waals surface area contributed by atoms with Crippen molar-refractivity contribution in [2.45, 2.75) is 39.3 Å². The van der Waals surface area contributed by atoms with E-state index in [2.05, 4.69) is 31.0 Å². The van der Waals surface area contributed by atoms with Crippen LogP contribution in [0.25, 0.3) is 0 Å². The maximum absolute atomic E-state index is 13.2. The van der Waals surface area contributed by atoms with Crippen molar-refractivity contribution in [2.75, 3.05) is 24.6 Å². The van der Waals surface area contributed by atoms with Gasteiger partial charge in [0.2, 0.25) is 0 Å². The van der Waals surface area contributed by atoms with Gasteiger partial charge in [-0.05, 0) is 31.5 Å². The van der Waals surface area contributed by atoms with Gasteiger partial charge < -0.3 is 15.3 Å². The van der Waals surface area contributed by atoms with Gasteiger partial charge in [-0.3, -0.25) is 0 Å². The minimum atomic E-state index is -0.213. The lowest BCUT2D eigenvalue weighted by atomic mass is 10.1. The number of rotatable bonds is 8. The first-order valence-corrected chi connectivity index (χ1v) is 6.94. The Labute approximate surface area is 115 Å². The number of hydrogen-bond donors (Lipinski definition) is 2. The van der Waals surface area contributed by atoms with E-state index in [4.69, 9.17) is 0 Å². The average Bonchev–Trinajstić information content (AvgIpc) is 2.37. The summed E-state index contributed by atoms with van der Waals surface area (Å²) in [5.41, 5.74) is 0.892. The van der Waals surface area contributed by atoms with Gasteiger partial charge >= 0.3 is 0 Å². The zero-order valence-electron chi connectivity index (χ0n) is 12.1. The fourth-order valence-electron chi connectivity index (χ4n) is 2.15. The van der Waals surface area contributed by atoms with E-state index in [9.17, 15) is 9.50 Å². The molecule has 0 aromatic heterocycles. The molecule has 108 valence electrons. The summed E-state index contributed by atoms with van der Waals surface area (Å²) in [7, 11) is 0. The molecule has 0 saturated carbocycles. The van der Waals surface area contributed by atoms with Crippen molar-refractivity contribution in [3.05, 3.63) is 30.1 Å². The number of nitrogens with one attached hydrogen (secondary N) is 1. The van der Waals surface area contributed by atoms with Gasteiger partial charge in [0.25, 0.3) is 0 Å². The lowest BCUT2D eigenvalue weighted by Crippen LogP contribution is -2.40. The molecule has 0 saturated heterocycles. The number of anilines is 1. The molecule has 0 bridgehead atoms. The zero-order chi connectivity index (χ0) is 14.3.